The Morgan fingerprint density at radius 2 is 2.00 bits per heavy atom. The van der Waals surface area contributed by atoms with Crippen molar-refractivity contribution < 1.29 is 9.18 Å². The monoisotopic (exact) mass is 192 g/mol. The molecule has 1 aromatic carbocycles. The van der Waals surface area contributed by atoms with Gasteiger partial charge in [0, 0.05) is 11.5 Å². The molecule has 3 heteroatoms. The molecule has 0 unspecified atom stereocenters. The first-order valence-electron chi connectivity index (χ1n) is 4.11. The van der Waals surface area contributed by atoms with Crippen molar-refractivity contribution in [2.75, 3.05) is 0 Å². The van der Waals surface area contributed by atoms with E-state index in [2.05, 4.69) is 6.58 Å². The van der Waals surface area contributed by atoms with Crippen LogP contribution in [0.15, 0.2) is 30.9 Å². The second kappa shape index (κ2) is 4.05. The molecule has 2 nitrogen and oxygen atoms in total. The van der Waals surface area contributed by atoms with Crippen molar-refractivity contribution in [2.45, 2.75) is 6.92 Å². The van der Waals surface area contributed by atoms with E-state index in [-0.39, 0.29) is 5.56 Å². The molecule has 0 saturated heterocycles. The second-order valence-electron chi connectivity index (χ2n) is 2.98. The zero-order valence-corrected chi connectivity index (χ0v) is 7.88. The van der Waals surface area contributed by atoms with E-state index in [4.69, 9.17) is 5.73 Å². The zero-order chi connectivity index (χ0) is 10.7. The molecule has 0 aliphatic rings. The Hall–Kier alpha value is -1.64. The Morgan fingerprint density at radius 3 is 2.50 bits per heavy atom. The predicted molar refractivity (Wildman–Crippen MR) is 53.1 cm³/mol. The van der Waals surface area contributed by atoms with Crippen LogP contribution in [-0.4, -0.2) is 5.91 Å². The summed E-state index contributed by atoms with van der Waals surface area (Å²) in [5.74, 6) is -0.313. The van der Waals surface area contributed by atoms with Crippen LogP contribution in [0.4, 0.5) is 4.39 Å². The van der Waals surface area contributed by atoms with Gasteiger partial charge < -0.3 is 5.73 Å². The summed E-state index contributed by atoms with van der Waals surface area (Å²) in [7, 11) is 0. The Bertz CT molecular complexity index is 374. The molecule has 0 spiro atoms. The maximum Gasteiger partial charge on any atom is 0.248 e. The van der Waals surface area contributed by atoms with Gasteiger partial charge in [-0.25, -0.2) is 4.39 Å². The molecule has 0 aromatic heterocycles. The van der Waals surface area contributed by atoms with Crippen LogP contribution < -0.4 is 5.73 Å². The molecule has 1 rings (SSSR count). The summed E-state index contributed by atoms with van der Waals surface area (Å²) in [5.41, 5.74) is 5.84. The number of allylic oxidation sites excluding steroid dienone is 1. The molecule has 0 aliphatic carbocycles. The second-order valence-corrected chi connectivity index (χ2v) is 2.98. The highest BCUT2D eigenvalue weighted by atomic mass is 19.1. The van der Waals surface area contributed by atoms with Crippen LogP contribution in [-0.2, 0) is 0 Å². The van der Waals surface area contributed by atoms with Crippen molar-refractivity contribution in [3.05, 3.63) is 53.7 Å². The molecule has 14 heavy (non-hydrogen) atoms. The molecule has 73 valence electrons. The minimum atomic E-state index is -0.636. The highest BCUT2D eigenvalue weighted by molar-refractivity contribution is 5.93. The minimum Gasteiger partial charge on any atom is -0.366 e. The Balaban J connectivity index is 3.19. The molecule has 0 bridgehead atoms. The van der Waals surface area contributed by atoms with Crippen molar-refractivity contribution in [2.24, 2.45) is 5.73 Å². The van der Waals surface area contributed by atoms with Crippen LogP contribution >= 0.6 is 0 Å². The average molecular weight is 192 g/mol. The number of primary amides is 1. The number of rotatable bonds is 3. The van der Waals surface area contributed by atoms with Crippen molar-refractivity contribution >= 4 is 5.91 Å². The molecule has 1 amide bonds. The number of benzene rings is 1. The van der Waals surface area contributed by atoms with Crippen molar-refractivity contribution in [1.29, 1.82) is 0 Å². The fourth-order valence-electron chi connectivity index (χ4n) is 1.08. The summed E-state index contributed by atoms with van der Waals surface area (Å²) in [4.78, 5) is 10.8. The van der Waals surface area contributed by atoms with Gasteiger partial charge in [-0.1, -0.05) is 13.0 Å². The SMILES string of the molecule is C=C[C](C)c1cc(F)cc(C(N)=O)c1. The lowest BCUT2D eigenvalue weighted by molar-refractivity contribution is 0.1000. The number of halogens is 1. The number of carbonyl (C=O) groups excluding carboxylic acids is 1. The van der Waals surface area contributed by atoms with Crippen molar-refractivity contribution in [1.82, 2.24) is 0 Å². The van der Waals surface area contributed by atoms with Gasteiger partial charge in [0.15, 0.2) is 0 Å². The molecule has 1 radical (unpaired) electrons. The van der Waals surface area contributed by atoms with Gasteiger partial charge in [0.05, 0.1) is 0 Å². The van der Waals surface area contributed by atoms with Gasteiger partial charge in [-0.15, -0.1) is 6.58 Å². The highest BCUT2D eigenvalue weighted by Crippen LogP contribution is 2.18. The third kappa shape index (κ3) is 2.19. The Labute approximate surface area is 82.2 Å². The molecule has 1 aromatic rings. The van der Waals surface area contributed by atoms with E-state index < -0.39 is 11.7 Å². The fraction of sp³-hybridized carbons (Fsp3) is 0.0909. The lowest BCUT2D eigenvalue weighted by Crippen LogP contribution is -2.12. The van der Waals surface area contributed by atoms with E-state index in [1.807, 2.05) is 0 Å². The Kier molecular flexibility index (Phi) is 3.02. The number of carbonyl (C=O) groups is 1. The van der Waals surface area contributed by atoms with Crippen LogP contribution in [0.1, 0.15) is 22.8 Å². The molecular weight excluding hydrogens is 181 g/mol. The molecule has 0 heterocycles. The molecule has 0 fully saturated rings. The lowest BCUT2D eigenvalue weighted by atomic mass is 9.99. The maximum atomic E-state index is 13.0. The van der Waals surface area contributed by atoms with E-state index in [0.29, 0.717) is 5.56 Å². The van der Waals surface area contributed by atoms with Crippen LogP contribution in [0.3, 0.4) is 0 Å². The average Bonchev–Trinajstić information content (AvgIpc) is 2.15. The first-order valence-corrected chi connectivity index (χ1v) is 4.11. The lowest BCUT2D eigenvalue weighted by Gasteiger charge is -2.07. The third-order valence-corrected chi connectivity index (χ3v) is 1.94. The number of nitrogens with two attached hydrogens (primary N) is 1. The van der Waals surface area contributed by atoms with Gasteiger partial charge in [-0.05, 0) is 23.8 Å². The molecule has 2 N–H and O–H groups in total. The van der Waals surface area contributed by atoms with Crippen LogP contribution in [0.5, 0.6) is 0 Å². The molecule has 0 aliphatic heterocycles. The van der Waals surface area contributed by atoms with Gasteiger partial charge in [-0.3, -0.25) is 4.79 Å². The van der Waals surface area contributed by atoms with E-state index in [1.165, 1.54) is 6.07 Å². The van der Waals surface area contributed by atoms with E-state index in [1.54, 1.807) is 19.1 Å². The zero-order valence-electron chi connectivity index (χ0n) is 7.88. The largest absolute Gasteiger partial charge is 0.366 e. The Morgan fingerprint density at radius 1 is 1.43 bits per heavy atom. The number of amides is 1. The van der Waals surface area contributed by atoms with Crippen molar-refractivity contribution in [3.8, 4) is 0 Å². The van der Waals surface area contributed by atoms with Gasteiger partial charge >= 0.3 is 0 Å². The summed E-state index contributed by atoms with van der Waals surface area (Å²) >= 11 is 0. The number of hydrogen-bond acceptors (Lipinski definition) is 1. The van der Waals surface area contributed by atoms with E-state index in [0.717, 1.165) is 12.0 Å². The first-order chi connectivity index (χ1) is 6.54. The summed E-state index contributed by atoms with van der Waals surface area (Å²) in [5, 5.41) is 0. The summed E-state index contributed by atoms with van der Waals surface area (Å²) < 4.78 is 13.0. The van der Waals surface area contributed by atoms with Gasteiger partial charge in [-0.2, -0.15) is 0 Å². The van der Waals surface area contributed by atoms with Crippen LogP contribution in [0.2, 0.25) is 0 Å². The van der Waals surface area contributed by atoms with Gasteiger partial charge in [0.1, 0.15) is 5.82 Å². The van der Waals surface area contributed by atoms with Gasteiger partial charge in [0.2, 0.25) is 5.91 Å². The molecule has 0 saturated carbocycles. The third-order valence-electron chi connectivity index (χ3n) is 1.94. The van der Waals surface area contributed by atoms with E-state index in [9.17, 15) is 9.18 Å². The fourth-order valence-corrected chi connectivity index (χ4v) is 1.08. The number of hydrogen-bond donors (Lipinski definition) is 1. The standard InChI is InChI=1S/C11H11FNO/c1-3-7(2)8-4-9(11(13)14)6-10(12)5-8/h3-6H,1H2,2H3,(H2,13,14). The molecular formula is C11H11FNO. The minimum absolute atomic E-state index is 0.168. The topological polar surface area (TPSA) is 43.1 Å². The summed E-state index contributed by atoms with van der Waals surface area (Å²) in [6, 6.07) is 3.99. The smallest absolute Gasteiger partial charge is 0.248 e. The van der Waals surface area contributed by atoms with Gasteiger partial charge in [0.25, 0.3) is 0 Å². The van der Waals surface area contributed by atoms with Crippen LogP contribution in [0, 0.1) is 11.7 Å². The highest BCUT2D eigenvalue weighted by Gasteiger charge is 2.08. The molecule has 0 atom stereocenters. The summed E-state index contributed by atoms with van der Waals surface area (Å²) in [6.07, 6.45) is 1.60. The van der Waals surface area contributed by atoms with E-state index >= 15 is 0 Å². The van der Waals surface area contributed by atoms with Crippen molar-refractivity contribution in [3.63, 3.8) is 0 Å². The predicted octanol–water partition coefficient (Wildman–Crippen LogP) is 2.05. The first kappa shape index (κ1) is 10.4. The van der Waals surface area contributed by atoms with Crippen LogP contribution in [0.25, 0.3) is 0 Å². The quantitative estimate of drug-likeness (QED) is 0.782. The summed E-state index contributed by atoms with van der Waals surface area (Å²) in [6.45, 7) is 5.35. The normalized spacial score (nSPS) is 10.2. The maximum absolute atomic E-state index is 13.0.